The highest BCUT2D eigenvalue weighted by Gasteiger charge is 2.23. The van der Waals surface area contributed by atoms with Crippen LogP contribution in [0.1, 0.15) is 45.1 Å². The van der Waals surface area contributed by atoms with Gasteiger partial charge in [-0.3, -0.25) is 9.59 Å². The molecule has 3 N–H and O–H groups in total. The quantitative estimate of drug-likeness (QED) is 0.281. The highest BCUT2D eigenvalue weighted by atomic mass is 32.1. The molecule has 8 heteroatoms. The van der Waals surface area contributed by atoms with Crippen LogP contribution in [0.3, 0.4) is 0 Å². The molecule has 0 bridgehead atoms. The molecule has 2 atom stereocenters. The third-order valence-electron chi connectivity index (χ3n) is 5.56. The van der Waals surface area contributed by atoms with E-state index in [-0.39, 0.29) is 25.2 Å². The van der Waals surface area contributed by atoms with Gasteiger partial charge in [0.2, 0.25) is 0 Å². The van der Waals surface area contributed by atoms with E-state index < -0.39 is 29.7 Å². The highest BCUT2D eigenvalue weighted by molar-refractivity contribution is 7.14. The van der Waals surface area contributed by atoms with Crippen molar-refractivity contribution in [1.29, 1.82) is 0 Å². The van der Waals surface area contributed by atoms with Gasteiger partial charge in [-0.2, -0.15) is 0 Å². The summed E-state index contributed by atoms with van der Waals surface area (Å²) >= 11 is 1.25. The fourth-order valence-electron chi connectivity index (χ4n) is 3.75. The lowest BCUT2D eigenvalue weighted by Gasteiger charge is -2.25. The molecule has 0 saturated carbocycles. The van der Waals surface area contributed by atoms with Crippen molar-refractivity contribution in [1.82, 2.24) is 5.32 Å². The lowest BCUT2D eigenvalue weighted by molar-refractivity contribution is -0.149. The average molecular weight is 501 g/mol. The first-order chi connectivity index (χ1) is 16.7. The van der Waals surface area contributed by atoms with Crippen molar-refractivity contribution in [3.63, 3.8) is 0 Å². The molecular formula is C27H30F2N2O3S. The fourth-order valence-corrected chi connectivity index (χ4v) is 4.63. The molecule has 1 heterocycles. The summed E-state index contributed by atoms with van der Waals surface area (Å²) in [6.07, 6.45) is 0.342. The van der Waals surface area contributed by atoms with Crippen LogP contribution in [0.5, 0.6) is 0 Å². The number of thiophene rings is 1. The third kappa shape index (κ3) is 8.35. The van der Waals surface area contributed by atoms with E-state index in [4.69, 9.17) is 10.5 Å². The number of ketones is 1. The number of Topliss-reactive ketones (excluding diaryl/α,β-unsaturated/α-hetero) is 1. The molecule has 0 spiro atoms. The minimum Gasteiger partial charge on any atom is -0.459 e. The Hall–Kier alpha value is -2.94. The van der Waals surface area contributed by atoms with Crippen molar-refractivity contribution in [3.05, 3.63) is 92.7 Å². The van der Waals surface area contributed by atoms with E-state index in [0.717, 1.165) is 18.1 Å². The Kier molecular flexibility index (Phi) is 9.65. The van der Waals surface area contributed by atoms with Gasteiger partial charge >= 0.3 is 5.97 Å². The topological polar surface area (TPSA) is 81.4 Å². The zero-order valence-corrected chi connectivity index (χ0v) is 20.7. The largest absolute Gasteiger partial charge is 0.459 e. The zero-order chi connectivity index (χ0) is 25.4. The Morgan fingerprint density at radius 2 is 1.74 bits per heavy atom. The molecule has 3 aromatic rings. The Morgan fingerprint density at radius 1 is 1.03 bits per heavy atom. The van der Waals surface area contributed by atoms with Crippen LogP contribution in [-0.4, -0.2) is 30.4 Å². The van der Waals surface area contributed by atoms with E-state index in [1.807, 2.05) is 12.1 Å². The molecule has 0 amide bonds. The first-order valence-corrected chi connectivity index (χ1v) is 12.3. The fraction of sp³-hybridized carbons (Fsp3) is 0.333. The first kappa shape index (κ1) is 26.7. The Bertz CT molecular complexity index is 1140. The normalized spacial score (nSPS) is 12.8. The van der Waals surface area contributed by atoms with Crippen molar-refractivity contribution in [2.24, 2.45) is 5.73 Å². The van der Waals surface area contributed by atoms with Crippen LogP contribution in [-0.2, 0) is 35.3 Å². The number of benzene rings is 2. The number of hydrogen-bond acceptors (Lipinski definition) is 6. The summed E-state index contributed by atoms with van der Waals surface area (Å²) in [6, 6.07) is 14.1. The van der Waals surface area contributed by atoms with Gasteiger partial charge in [-0.05, 0) is 60.7 Å². The summed E-state index contributed by atoms with van der Waals surface area (Å²) in [5.41, 5.74) is 9.05. The molecule has 186 valence electrons. The molecule has 3 rings (SSSR count). The second-order valence-electron chi connectivity index (χ2n) is 8.48. The Morgan fingerprint density at radius 3 is 2.40 bits per heavy atom. The maximum absolute atomic E-state index is 13.6. The molecule has 2 aromatic carbocycles. The molecule has 35 heavy (non-hydrogen) atoms. The summed E-state index contributed by atoms with van der Waals surface area (Å²) in [7, 11) is 0. The van der Waals surface area contributed by atoms with E-state index in [1.165, 1.54) is 36.0 Å². The number of esters is 1. The smallest absolute Gasteiger partial charge is 0.311 e. The van der Waals surface area contributed by atoms with E-state index in [1.54, 1.807) is 12.1 Å². The summed E-state index contributed by atoms with van der Waals surface area (Å²) in [5.74, 6) is -1.92. The number of nitrogens with one attached hydrogen (secondary N) is 1. The summed E-state index contributed by atoms with van der Waals surface area (Å²) in [4.78, 5) is 25.5. The molecule has 0 saturated heterocycles. The second-order valence-corrected chi connectivity index (χ2v) is 9.65. The molecule has 5 nitrogen and oxygen atoms in total. The van der Waals surface area contributed by atoms with Gasteiger partial charge in [-0.25, -0.2) is 8.78 Å². The van der Waals surface area contributed by atoms with Gasteiger partial charge in [-0.1, -0.05) is 31.2 Å². The van der Waals surface area contributed by atoms with Crippen LogP contribution >= 0.6 is 11.3 Å². The van der Waals surface area contributed by atoms with Crippen LogP contribution in [0.2, 0.25) is 0 Å². The summed E-state index contributed by atoms with van der Waals surface area (Å²) < 4.78 is 33.0. The minimum atomic E-state index is -0.726. The zero-order valence-electron chi connectivity index (χ0n) is 19.9. The number of rotatable bonds is 12. The van der Waals surface area contributed by atoms with E-state index in [0.29, 0.717) is 21.9 Å². The van der Waals surface area contributed by atoms with Crippen LogP contribution in [0, 0.1) is 11.6 Å². The van der Waals surface area contributed by atoms with E-state index >= 15 is 0 Å². The Labute approximate surface area is 208 Å². The lowest BCUT2D eigenvalue weighted by atomic mass is 10.0. The number of aryl methyl sites for hydroxylation is 1. The number of hydrogen-bond donors (Lipinski definition) is 2. The van der Waals surface area contributed by atoms with Gasteiger partial charge in [-0.15, -0.1) is 11.3 Å². The van der Waals surface area contributed by atoms with Gasteiger partial charge in [0.1, 0.15) is 17.7 Å². The van der Waals surface area contributed by atoms with Crippen LogP contribution < -0.4 is 11.1 Å². The van der Waals surface area contributed by atoms with Gasteiger partial charge in [0.15, 0.2) is 5.78 Å². The third-order valence-corrected chi connectivity index (χ3v) is 6.74. The lowest BCUT2D eigenvalue weighted by Crippen LogP contribution is -2.46. The van der Waals surface area contributed by atoms with Gasteiger partial charge in [0, 0.05) is 30.1 Å². The number of halogens is 2. The van der Waals surface area contributed by atoms with Crippen LogP contribution in [0.15, 0.2) is 54.6 Å². The van der Waals surface area contributed by atoms with Crippen molar-refractivity contribution < 1.29 is 23.1 Å². The molecule has 0 aliphatic carbocycles. The molecule has 0 aliphatic rings. The van der Waals surface area contributed by atoms with Gasteiger partial charge < -0.3 is 15.8 Å². The number of carbonyl (C=O) groups is 2. The van der Waals surface area contributed by atoms with Crippen LogP contribution in [0.25, 0.3) is 0 Å². The molecule has 1 aromatic heterocycles. The number of carbonyl (C=O) groups excluding carboxylic acids is 2. The van der Waals surface area contributed by atoms with Gasteiger partial charge in [0.25, 0.3) is 0 Å². The summed E-state index contributed by atoms with van der Waals surface area (Å²) in [5, 5.41) is 3.28. The standard InChI is InChI=1S/C27H30F2N2O3S/c1-3-18-5-4-6-19(9-18)15-31-16-25(24(30)12-20-10-21(28)13-22(29)11-20)34-27(33)14-23-7-8-26(35-23)17(2)32/h4-11,13,24-25,31H,3,12,14-16,30H2,1-2H3/t24-,25+/m0/s1. The second kappa shape index (κ2) is 12.7. The highest BCUT2D eigenvalue weighted by Crippen LogP contribution is 2.19. The van der Waals surface area contributed by atoms with E-state index in [2.05, 4.69) is 24.4 Å². The molecular weight excluding hydrogens is 470 g/mol. The maximum atomic E-state index is 13.6. The predicted octanol–water partition coefficient (Wildman–Crippen LogP) is 4.61. The van der Waals surface area contributed by atoms with Crippen molar-refractivity contribution in [3.8, 4) is 0 Å². The van der Waals surface area contributed by atoms with Gasteiger partial charge in [0.05, 0.1) is 11.3 Å². The predicted molar refractivity (Wildman–Crippen MR) is 133 cm³/mol. The summed E-state index contributed by atoms with van der Waals surface area (Å²) in [6.45, 7) is 4.38. The minimum absolute atomic E-state index is 0.00824. The van der Waals surface area contributed by atoms with Crippen molar-refractivity contribution >= 4 is 23.1 Å². The average Bonchev–Trinajstić information content (AvgIpc) is 3.26. The molecule has 0 radical (unpaired) electrons. The Balaban J connectivity index is 1.67. The number of ether oxygens (including phenoxy) is 1. The van der Waals surface area contributed by atoms with Crippen molar-refractivity contribution in [2.45, 2.75) is 51.8 Å². The monoisotopic (exact) mass is 500 g/mol. The van der Waals surface area contributed by atoms with Crippen molar-refractivity contribution in [2.75, 3.05) is 6.54 Å². The maximum Gasteiger partial charge on any atom is 0.311 e. The molecule has 0 aliphatic heterocycles. The SMILES string of the molecule is CCc1cccc(CNC[C@@H](OC(=O)Cc2ccc(C(C)=O)s2)[C@@H](N)Cc2cc(F)cc(F)c2)c1. The number of nitrogens with two attached hydrogens (primary N) is 1. The first-order valence-electron chi connectivity index (χ1n) is 11.5. The molecule has 0 fully saturated rings. The molecule has 0 unspecified atom stereocenters. The van der Waals surface area contributed by atoms with Crippen LogP contribution in [0.4, 0.5) is 8.78 Å². The van der Waals surface area contributed by atoms with E-state index in [9.17, 15) is 18.4 Å².